The molecule has 0 saturated carbocycles. The molecular formula is C21H21FN4O2. The minimum atomic E-state index is -0.392. The van der Waals surface area contributed by atoms with Crippen LogP contribution in [0.4, 0.5) is 14.9 Å². The van der Waals surface area contributed by atoms with E-state index in [9.17, 15) is 14.0 Å². The van der Waals surface area contributed by atoms with Crippen molar-refractivity contribution in [1.82, 2.24) is 15.6 Å². The Labute approximate surface area is 161 Å². The summed E-state index contributed by atoms with van der Waals surface area (Å²) in [6.45, 7) is 0.820. The second-order valence-electron chi connectivity index (χ2n) is 6.89. The van der Waals surface area contributed by atoms with Gasteiger partial charge in [-0.15, -0.1) is 0 Å². The molecule has 144 valence electrons. The van der Waals surface area contributed by atoms with Crippen LogP contribution in [0.15, 0.2) is 54.7 Å². The van der Waals surface area contributed by atoms with Crippen LogP contribution in [-0.4, -0.2) is 36.1 Å². The average Bonchev–Trinajstić information content (AvgIpc) is 3.25. The first kappa shape index (κ1) is 18.0. The number of rotatable bonds is 5. The maximum Gasteiger partial charge on any atom is 0.315 e. The third-order valence-corrected chi connectivity index (χ3v) is 4.93. The Bertz CT molecular complexity index is 1020. The van der Waals surface area contributed by atoms with Crippen LogP contribution in [0.3, 0.4) is 0 Å². The Balaban J connectivity index is 1.28. The number of anilines is 1. The van der Waals surface area contributed by atoms with Gasteiger partial charge in [-0.05, 0) is 36.2 Å². The van der Waals surface area contributed by atoms with E-state index in [1.807, 2.05) is 30.5 Å². The number of amides is 3. The predicted octanol–water partition coefficient (Wildman–Crippen LogP) is 2.95. The van der Waals surface area contributed by atoms with Crippen LogP contribution in [0.25, 0.3) is 10.9 Å². The highest BCUT2D eigenvalue weighted by molar-refractivity contribution is 5.96. The van der Waals surface area contributed by atoms with Gasteiger partial charge in [-0.2, -0.15) is 0 Å². The molecule has 0 unspecified atom stereocenters. The summed E-state index contributed by atoms with van der Waals surface area (Å²) >= 11 is 0. The molecule has 1 saturated heterocycles. The van der Waals surface area contributed by atoms with Gasteiger partial charge in [0.15, 0.2) is 0 Å². The molecule has 4 rings (SSSR count). The lowest BCUT2D eigenvalue weighted by atomic mass is 10.1. The fourth-order valence-corrected chi connectivity index (χ4v) is 3.58. The first-order chi connectivity index (χ1) is 13.6. The lowest BCUT2D eigenvalue weighted by Crippen LogP contribution is -2.43. The number of halogens is 1. The zero-order valence-corrected chi connectivity index (χ0v) is 15.2. The summed E-state index contributed by atoms with van der Waals surface area (Å²) < 4.78 is 13.4. The molecule has 1 atom stereocenters. The van der Waals surface area contributed by atoms with Crippen molar-refractivity contribution in [3.63, 3.8) is 0 Å². The van der Waals surface area contributed by atoms with E-state index >= 15 is 0 Å². The van der Waals surface area contributed by atoms with E-state index in [4.69, 9.17) is 0 Å². The molecular weight excluding hydrogens is 359 g/mol. The van der Waals surface area contributed by atoms with Gasteiger partial charge in [0.1, 0.15) is 5.82 Å². The molecule has 3 amide bonds. The lowest BCUT2D eigenvalue weighted by molar-refractivity contribution is -0.117. The largest absolute Gasteiger partial charge is 0.361 e. The van der Waals surface area contributed by atoms with Gasteiger partial charge in [-0.3, -0.25) is 4.79 Å². The van der Waals surface area contributed by atoms with Crippen LogP contribution < -0.4 is 15.5 Å². The summed E-state index contributed by atoms with van der Waals surface area (Å²) in [5.41, 5.74) is 2.72. The molecule has 1 aliphatic rings. The average molecular weight is 380 g/mol. The minimum absolute atomic E-state index is 0.130. The monoisotopic (exact) mass is 380 g/mol. The number of hydrogen-bond donors (Lipinski definition) is 3. The van der Waals surface area contributed by atoms with Crippen molar-refractivity contribution in [2.24, 2.45) is 0 Å². The predicted molar refractivity (Wildman–Crippen MR) is 106 cm³/mol. The fourth-order valence-electron chi connectivity index (χ4n) is 3.58. The van der Waals surface area contributed by atoms with Crippen molar-refractivity contribution in [3.05, 3.63) is 66.1 Å². The zero-order valence-electron chi connectivity index (χ0n) is 15.2. The van der Waals surface area contributed by atoms with E-state index in [1.54, 1.807) is 12.1 Å². The normalized spacial score (nSPS) is 16.5. The number of carbonyl (C=O) groups is 2. The van der Waals surface area contributed by atoms with Gasteiger partial charge in [-0.25, -0.2) is 9.18 Å². The van der Waals surface area contributed by atoms with Gasteiger partial charge >= 0.3 is 6.03 Å². The minimum Gasteiger partial charge on any atom is -0.361 e. The van der Waals surface area contributed by atoms with Crippen LogP contribution in [0.1, 0.15) is 12.0 Å². The summed E-state index contributed by atoms with van der Waals surface area (Å²) in [5.74, 6) is -0.522. The first-order valence-electron chi connectivity index (χ1n) is 9.25. The van der Waals surface area contributed by atoms with Gasteiger partial charge in [0.2, 0.25) is 5.91 Å². The number of benzene rings is 2. The van der Waals surface area contributed by atoms with Crippen LogP contribution in [0, 0.1) is 5.82 Å². The number of fused-ring (bicyclic) bond motifs is 1. The van der Waals surface area contributed by atoms with Gasteiger partial charge in [0.25, 0.3) is 0 Å². The van der Waals surface area contributed by atoms with E-state index < -0.39 is 5.82 Å². The Morgan fingerprint density at radius 3 is 2.93 bits per heavy atom. The molecule has 0 spiro atoms. The highest BCUT2D eigenvalue weighted by Gasteiger charge is 2.31. The summed E-state index contributed by atoms with van der Waals surface area (Å²) in [4.78, 5) is 29.1. The van der Waals surface area contributed by atoms with Gasteiger partial charge < -0.3 is 20.5 Å². The number of H-pyrrole nitrogens is 1. The molecule has 2 aromatic carbocycles. The topological polar surface area (TPSA) is 77.2 Å². The van der Waals surface area contributed by atoms with E-state index in [1.165, 1.54) is 17.0 Å². The number of para-hydroxylation sites is 1. The lowest BCUT2D eigenvalue weighted by Gasteiger charge is -2.17. The Morgan fingerprint density at radius 2 is 2.07 bits per heavy atom. The molecule has 0 aliphatic carbocycles. The van der Waals surface area contributed by atoms with Gasteiger partial charge in [0.05, 0.1) is 6.04 Å². The maximum atomic E-state index is 13.4. The van der Waals surface area contributed by atoms with Crippen molar-refractivity contribution in [1.29, 1.82) is 0 Å². The maximum absolute atomic E-state index is 13.4. The number of nitrogens with zero attached hydrogens (tertiary/aromatic N) is 1. The molecule has 1 fully saturated rings. The van der Waals surface area contributed by atoms with E-state index in [0.29, 0.717) is 25.2 Å². The van der Waals surface area contributed by atoms with Crippen molar-refractivity contribution in [2.45, 2.75) is 18.9 Å². The second kappa shape index (κ2) is 7.72. The quantitative estimate of drug-likeness (QED) is 0.636. The number of urea groups is 1. The number of hydrogen-bond acceptors (Lipinski definition) is 2. The standard InChI is InChI=1S/C21H21FN4O2/c22-15-4-3-5-17(10-15)26-13-16(11-20(26)27)25-21(28)23-9-8-14-12-24-19-7-2-1-6-18(14)19/h1-7,10,12,16,24H,8-9,11,13H2,(H2,23,25,28)/t16-/m0/s1. The first-order valence-corrected chi connectivity index (χ1v) is 9.25. The zero-order chi connectivity index (χ0) is 19.5. The molecule has 1 aromatic heterocycles. The molecule has 0 radical (unpaired) electrons. The molecule has 2 heterocycles. The Hall–Kier alpha value is -3.35. The van der Waals surface area contributed by atoms with Crippen molar-refractivity contribution in [3.8, 4) is 0 Å². The Kier molecular flexibility index (Phi) is 4.97. The van der Waals surface area contributed by atoms with E-state index in [0.717, 1.165) is 16.5 Å². The number of nitrogens with one attached hydrogen (secondary N) is 3. The summed E-state index contributed by atoms with van der Waals surface area (Å²) in [6.07, 6.45) is 2.86. The van der Waals surface area contributed by atoms with Crippen LogP contribution >= 0.6 is 0 Å². The molecule has 3 N–H and O–H groups in total. The molecule has 1 aliphatic heterocycles. The molecule has 3 aromatic rings. The SMILES string of the molecule is O=C(NCCc1c[nH]c2ccccc12)N[C@H]1CC(=O)N(c2cccc(F)c2)C1. The van der Waals surface area contributed by atoms with Crippen LogP contribution in [0.5, 0.6) is 0 Å². The van der Waals surface area contributed by atoms with Crippen molar-refractivity contribution < 1.29 is 14.0 Å². The van der Waals surface area contributed by atoms with E-state index in [2.05, 4.69) is 15.6 Å². The summed E-state index contributed by atoms with van der Waals surface area (Å²) in [5, 5.41) is 6.81. The van der Waals surface area contributed by atoms with Gasteiger partial charge in [-0.1, -0.05) is 24.3 Å². The number of aromatic amines is 1. The van der Waals surface area contributed by atoms with E-state index in [-0.39, 0.29) is 24.4 Å². The molecule has 7 heteroatoms. The third kappa shape index (κ3) is 3.83. The molecule has 28 heavy (non-hydrogen) atoms. The molecule has 0 bridgehead atoms. The summed E-state index contributed by atoms with van der Waals surface area (Å²) in [6, 6.07) is 13.3. The van der Waals surface area contributed by atoms with Crippen molar-refractivity contribution >= 4 is 28.5 Å². The fraction of sp³-hybridized carbons (Fsp3) is 0.238. The van der Waals surface area contributed by atoms with Crippen molar-refractivity contribution in [2.75, 3.05) is 18.0 Å². The Morgan fingerprint density at radius 1 is 1.21 bits per heavy atom. The summed E-state index contributed by atoms with van der Waals surface area (Å²) in [7, 11) is 0. The molecule has 6 nitrogen and oxygen atoms in total. The number of carbonyl (C=O) groups excluding carboxylic acids is 2. The van der Waals surface area contributed by atoms with Crippen LogP contribution in [0.2, 0.25) is 0 Å². The third-order valence-electron chi connectivity index (χ3n) is 4.93. The number of aromatic nitrogens is 1. The highest BCUT2D eigenvalue weighted by Crippen LogP contribution is 2.22. The second-order valence-corrected chi connectivity index (χ2v) is 6.89. The highest BCUT2D eigenvalue weighted by atomic mass is 19.1. The smallest absolute Gasteiger partial charge is 0.315 e. The van der Waals surface area contributed by atoms with Gasteiger partial charge in [0, 0.05) is 42.3 Å². The van der Waals surface area contributed by atoms with Crippen LogP contribution in [-0.2, 0) is 11.2 Å².